The molecule has 9 heteroatoms. The van der Waals surface area contributed by atoms with Crippen LogP contribution in [0.4, 0.5) is 11.4 Å². The first-order valence-corrected chi connectivity index (χ1v) is 12.0. The predicted octanol–water partition coefficient (Wildman–Crippen LogP) is 5.27. The van der Waals surface area contributed by atoms with Crippen LogP contribution in [0.15, 0.2) is 82.6 Å². The Bertz CT molecular complexity index is 1130. The van der Waals surface area contributed by atoms with Crippen molar-refractivity contribution in [1.29, 1.82) is 0 Å². The second-order valence-electron chi connectivity index (χ2n) is 6.56. The van der Waals surface area contributed by atoms with E-state index in [0.29, 0.717) is 16.4 Å². The fraction of sp³-hybridized carbons (Fsp3) is 0.136. The summed E-state index contributed by atoms with van der Waals surface area (Å²) in [5.41, 5.74) is 0.920. The molecule has 0 heterocycles. The summed E-state index contributed by atoms with van der Waals surface area (Å²) in [6.45, 7) is 1.80. The number of carbonyl (C=O) groups is 1. The minimum atomic E-state index is -3.75. The van der Waals surface area contributed by atoms with Crippen molar-refractivity contribution in [3.63, 3.8) is 0 Å². The fourth-order valence-corrected chi connectivity index (χ4v) is 4.66. The Morgan fingerprint density at radius 2 is 1.52 bits per heavy atom. The van der Waals surface area contributed by atoms with E-state index < -0.39 is 10.0 Å². The molecule has 3 rings (SSSR count). The minimum absolute atomic E-state index is 0.0844. The van der Waals surface area contributed by atoms with Gasteiger partial charge < -0.3 is 10.1 Å². The molecular weight excluding hydrogens is 456 g/mol. The van der Waals surface area contributed by atoms with Crippen LogP contribution in [0.2, 0.25) is 5.02 Å². The number of ether oxygens (including phenoxy) is 1. The monoisotopic (exact) mass is 476 g/mol. The second kappa shape index (κ2) is 10.1. The van der Waals surface area contributed by atoms with Crippen molar-refractivity contribution in [2.45, 2.75) is 22.0 Å². The fourth-order valence-electron chi connectivity index (χ4n) is 2.61. The first-order chi connectivity index (χ1) is 14.8. The van der Waals surface area contributed by atoms with Crippen LogP contribution in [-0.2, 0) is 14.8 Å². The van der Waals surface area contributed by atoms with Crippen LogP contribution in [0.1, 0.15) is 6.92 Å². The van der Waals surface area contributed by atoms with Crippen LogP contribution in [0.25, 0.3) is 0 Å². The van der Waals surface area contributed by atoms with E-state index >= 15 is 0 Å². The number of nitrogens with one attached hydrogen (secondary N) is 2. The highest BCUT2D eigenvalue weighted by atomic mass is 35.5. The van der Waals surface area contributed by atoms with Crippen molar-refractivity contribution in [3.05, 3.63) is 77.8 Å². The van der Waals surface area contributed by atoms with Gasteiger partial charge in [-0.1, -0.05) is 11.6 Å². The highest BCUT2D eigenvalue weighted by Crippen LogP contribution is 2.26. The number of anilines is 2. The van der Waals surface area contributed by atoms with Crippen LogP contribution in [0.3, 0.4) is 0 Å². The van der Waals surface area contributed by atoms with E-state index in [1.807, 2.05) is 24.3 Å². The number of amides is 1. The van der Waals surface area contributed by atoms with Crippen LogP contribution >= 0.6 is 23.4 Å². The molecule has 0 saturated carbocycles. The first kappa shape index (κ1) is 23.0. The Morgan fingerprint density at radius 1 is 0.935 bits per heavy atom. The lowest BCUT2D eigenvalue weighted by molar-refractivity contribution is -0.115. The van der Waals surface area contributed by atoms with Crippen LogP contribution in [-0.4, -0.2) is 26.7 Å². The van der Waals surface area contributed by atoms with E-state index in [4.69, 9.17) is 16.3 Å². The molecule has 6 nitrogen and oxygen atoms in total. The maximum atomic E-state index is 12.5. The predicted molar refractivity (Wildman–Crippen MR) is 126 cm³/mol. The lowest BCUT2D eigenvalue weighted by Crippen LogP contribution is -2.22. The normalized spacial score (nSPS) is 12.1. The van der Waals surface area contributed by atoms with Gasteiger partial charge >= 0.3 is 0 Å². The Morgan fingerprint density at radius 3 is 2.10 bits per heavy atom. The molecule has 0 aliphatic carbocycles. The molecule has 0 bridgehead atoms. The Hall–Kier alpha value is -2.68. The molecule has 0 spiro atoms. The molecule has 0 aromatic heterocycles. The van der Waals surface area contributed by atoms with E-state index in [9.17, 15) is 13.2 Å². The smallest absolute Gasteiger partial charge is 0.261 e. The van der Waals surface area contributed by atoms with Gasteiger partial charge in [-0.05, 0) is 79.7 Å². The number of methoxy groups -OCH3 is 1. The first-order valence-electron chi connectivity index (χ1n) is 9.27. The summed E-state index contributed by atoms with van der Waals surface area (Å²) >= 11 is 7.24. The average Bonchev–Trinajstić information content (AvgIpc) is 2.76. The third-order valence-electron chi connectivity index (χ3n) is 4.27. The van der Waals surface area contributed by atoms with Crippen LogP contribution in [0.5, 0.6) is 5.75 Å². The molecule has 2 N–H and O–H groups in total. The SMILES string of the molecule is COc1ccc(S[C@H](C)C(=O)Nc2ccc(S(=O)(=O)Nc3ccc(Cl)cc3)cc2)cc1. The standard InChI is InChI=1S/C22H21ClN2O4S2/c1-15(30-20-11-9-19(29-2)10-12-20)22(26)24-17-7-13-21(14-8-17)31(27,28)25-18-5-3-16(23)4-6-18/h3-15,25H,1-2H3,(H,24,26)/t15-/m1/s1. The quantitative estimate of drug-likeness (QED) is 0.433. The molecular formula is C22H21ClN2O4S2. The van der Waals surface area contributed by atoms with E-state index in [1.54, 1.807) is 50.4 Å². The van der Waals surface area contributed by atoms with Gasteiger partial charge in [0.25, 0.3) is 10.0 Å². The maximum Gasteiger partial charge on any atom is 0.261 e. The van der Waals surface area contributed by atoms with Gasteiger partial charge in [0.05, 0.1) is 17.3 Å². The summed E-state index contributed by atoms with van der Waals surface area (Å²) in [6, 6.07) is 19.8. The van der Waals surface area contributed by atoms with Crippen molar-refractivity contribution in [1.82, 2.24) is 0 Å². The highest BCUT2D eigenvalue weighted by molar-refractivity contribution is 8.00. The molecule has 0 aliphatic rings. The molecule has 1 atom stereocenters. The summed E-state index contributed by atoms with van der Waals surface area (Å²) in [5, 5.41) is 2.98. The van der Waals surface area contributed by atoms with Crippen molar-refractivity contribution in [2.24, 2.45) is 0 Å². The Balaban J connectivity index is 1.61. The number of hydrogen-bond acceptors (Lipinski definition) is 5. The molecule has 3 aromatic rings. The number of thioether (sulfide) groups is 1. The second-order valence-corrected chi connectivity index (χ2v) is 10.1. The molecule has 31 heavy (non-hydrogen) atoms. The highest BCUT2D eigenvalue weighted by Gasteiger charge is 2.17. The summed E-state index contributed by atoms with van der Waals surface area (Å²) in [5.74, 6) is 0.567. The zero-order valence-electron chi connectivity index (χ0n) is 16.8. The van der Waals surface area contributed by atoms with Gasteiger partial charge in [-0.3, -0.25) is 9.52 Å². The third kappa shape index (κ3) is 6.40. The zero-order chi connectivity index (χ0) is 22.4. The summed E-state index contributed by atoms with van der Waals surface area (Å²) < 4.78 is 32.7. The molecule has 0 radical (unpaired) electrons. The molecule has 3 aromatic carbocycles. The Labute approximate surface area is 191 Å². The Kier molecular flexibility index (Phi) is 7.48. The molecule has 0 aliphatic heterocycles. The zero-order valence-corrected chi connectivity index (χ0v) is 19.2. The van der Waals surface area contributed by atoms with Gasteiger partial charge in [-0.15, -0.1) is 11.8 Å². The maximum absolute atomic E-state index is 12.5. The largest absolute Gasteiger partial charge is 0.497 e. The number of hydrogen-bond donors (Lipinski definition) is 2. The van der Waals surface area contributed by atoms with Crippen molar-refractivity contribution in [3.8, 4) is 5.75 Å². The van der Waals surface area contributed by atoms with E-state index in [1.165, 1.54) is 23.9 Å². The minimum Gasteiger partial charge on any atom is -0.497 e. The van der Waals surface area contributed by atoms with E-state index in [-0.39, 0.29) is 16.1 Å². The van der Waals surface area contributed by atoms with Gasteiger partial charge in [-0.2, -0.15) is 0 Å². The van der Waals surface area contributed by atoms with Gasteiger partial charge in [-0.25, -0.2) is 8.42 Å². The van der Waals surface area contributed by atoms with Crippen LogP contribution < -0.4 is 14.8 Å². The molecule has 0 fully saturated rings. The lowest BCUT2D eigenvalue weighted by atomic mass is 10.3. The average molecular weight is 477 g/mol. The summed E-state index contributed by atoms with van der Waals surface area (Å²) in [4.78, 5) is 13.5. The van der Waals surface area contributed by atoms with Gasteiger partial charge in [0.15, 0.2) is 0 Å². The number of rotatable bonds is 8. The van der Waals surface area contributed by atoms with Crippen molar-refractivity contribution >= 4 is 50.7 Å². The number of benzene rings is 3. The number of carbonyl (C=O) groups excluding carboxylic acids is 1. The van der Waals surface area contributed by atoms with Gasteiger partial charge in [0.2, 0.25) is 5.91 Å². The molecule has 0 unspecified atom stereocenters. The molecule has 162 valence electrons. The van der Waals surface area contributed by atoms with Gasteiger partial charge in [0, 0.05) is 21.3 Å². The summed E-state index contributed by atoms with van der Waals surface area (Å²) in [6.07, 6.45) is 0. The molecule has 0 saturated heterocycles. The van der Waals surface area contributed by atoms with Crippen molar-refractivity contribution in [2.75, 3.05) is 17.1 Å². The van der Waals surface area contributed by atoms with Crippen LogP contribution in [0, 0.1) is 0 Å². The third-order valence-corrected chi connectivity index (χ3v) is 7.03. The van der Waals surface area contributed by atoms with Gasteiger partial charge in [0.1, 0.15) is 5.75 Å². The number of sulfonamides is 1. The van der Waals surface area contributed by atoms with E-state index in [2.05, 4.69) is 10.0 Å². The van der Waals surface area contributed by atoms with E-state index in [0.717, 1.165) is 10.6 Å². The summed E-state index contributed by atoms with van der Waals surface area (Å²) in [7, 11) is -2.15. The number of halogens is 1. The topological polar surface area (TPSA) is 84.5 Å². The van der Waals surface area contributed by atoms with Crippen molar-refractivity contribution < 1.29 is 17.9 Å². The lowest BCUT2D eigenvalue weighted by Gasteiger charge is -2.13. The molecule has 1 amide bonds.